The van der Waals surface area contributed by atoms with Gasteiger partial charge >= 0.3 is 5.97 Å². The van der Waals surface area contributed by atoms with Crippen LogP contribution < -0.4 is 10.9 Å². The van der Waals surface area contributed by atoms with Crippen LogP contribution in [-0.2, 0) is 4.79 Å². The molecule has 0 saturated carbocycles. The Kier molecular flexibility index (Phi) is 5.10. The van der Waals surface area contributed by atoms with Crippen molar-refractivity contribution in [3.8, 4) is 0 Å². The van der Waals surface area contributed by atoms with E-state index in [1.54, 1.807) is 0 Å². The maximum Gasteiger partial charge on any atom is 0.326 e. The zero-order chi connectivity index (χ0) is 13.5. The normalized spacial score (nSPS) is 11.8. The van der Waals surface area contributed by atoms with Gasteiger partial charge in [0.05, 0.1) is 0 Å². The number of aliphatic carboxylic acids is 1. The first-order valence-electron chi connectivity index (χ1n) is 5.77. The Bertz CT molecular complexity index is 481. The molecule has 98 valence electrons. The van der Waals surface area contributed by atoms with Gasteiger partial charge in [-0.3, -0.25) is 9.59 Å². The highest BCUT2D eigenvalue weighted by molar-refractivity contribution is 5.96. The van der Waals surface area contributed by atoms with Crippen LogP contribution in [-0.4, -0.2) is 28.0 Å². The predicted molar refractivity (Wildman–Crippen MR) is 65.5 cm³/mol. The molecule has 1 heterocycles. The number of rotatable bonds is 6. The number of aromatic nitrogens is 1. The van der Waals surface area contributed by atoms with Crippen molar-refractivity contribution in [3.63, 3.8) is 0 Å². The monoisotopic (exact) mass is 252 g/mol. The highest BCUT2D eigenvalue weighted by Crippen LogP contribution is 2.02. The lowest BCUT2D eigenvalue weighted by atomic mass is 10.1. The minimum atomic E-state index is -1.09. The molecule has 0 bridgehead atoms. The summed E-state index contributed by atoms with van der Waals surface area (Å²) in [5.41, 5.74) is -0.616. The number of pyridine rings is 1. The fourth-order valence-electron chi connectivity index (χ4n) is 1.50. The largest absolute Gasteiger partial charge is 0.480 e. The Hall–Kier alpha value is -2.11. The van der Waals surface area contributed by atoms with Crippen LogP contribution >= 0.6 is 0 Å². The second-order valence-corrected chi connectivity index (χ2v) is 3.92. The molecule has 1 aromatic heterocycles. The van der Waals surface area contributed by atoms with Crippen LogP contribution in [0.4, 0.5) is 0 Å². The van der Waals surface area contributed by atoms with Crippen LogP contribution in [0.25, 0.3) is 0 Å². The Labute approximate surface area is 104 Å². The highest BCUT2D eigenvalue weighted by Gasteiger charge is 2.21. The summed E-state index contributed by atoms with van der Waals surface area (Å²) in [7, 11) is 0. The van der Waals surface area contributed by atoms with Crippen molar-refractivity contribution in [2.75, 3.05) is 0 Å². The van der Waals surface area contributed by atoms with E-state index in [1.165, 1.54) is 18.3 Å². The maximum absolute atomic E-state index is 11.7. The van der Waals surface area contributed by atoms with Gasteiger partial charge in [0.1, 0.15) is 11.6 Å². The number of carboxylic acid groups (broad SMARTS) is 1. The van der Waals surface area contributed by atoms with Crippen LogP contribution in [0.1, 0.15) is 36.5 Å². The summed E-state index contributed by atoms with van der Waals surface area (Å²) < 4.78 is 0. The molecule has 1 aromatic rings. The van der Waals surface area contributed by atoms with E-state index >= 15 is 0 Å². The molecule has 1 amide bonds. The number of aromatic amines is 1. The van der Waals surface area contributed by atoms with Crippen molar-refractivity contribution in [2.45, 2.75) is 32.2 Å². The molecule has 0 saturated heterocycles. The third-order valence-corrected chi connectivity index (χ3v) is 2.51. The van der Waals surface area contributed by atoms with Gasteiger partial charge in [-0.2, -0.15) is 0 Å². The molecule has 0 unspecified atom stereocenters. The topological polar surface area (TPSA) is 99.3 Å². The quantitative estimate of drug-likeness (QED) is 0.695. The summed E-state index contributed by atoms with van der Waals surface area (Å²) in [6.45, 7) is 1.93. The van der Waals surface area contributed by atoms with Gasteiger partial charge in [0.15, 0.2) is 0 Å². The Morgan fingerprint density at radius 1 is 1.50 bits per heavy atom. The van der Waals surface area contributed by atoms with Crippen LogP contribution in [0.5, 0.6) is 0 Å². The predicted octanol–water partition coefficient (Wildman–Crippen LogP) is 0.748. The van der Waals surface area contributed by atoms with E-state index in [0.29, 0.717) is 12.8 Å². The maximum atomic E-state index is 11.7. The van der Waals surface area contributed by atoms with Gasteiger partial charge in [-0.1, -0.05) is 19.8 Å². The summed E-state index contributed by atoms with van der Waals surface area (Å²) in [5.74, 6) is -1.76. The molecule has 0 aliphatic rings. The highest BCUT2D eigenvalue weighted by atomic mass is 16.4. The summed E-state index contributed by atoms with van der Waals surface area (Å²) in [5, 5.41) is 11.3. The third-order valence-electron chi connectivity index (χ3n) is 2.51. The van der Waals surface area contributed by atoms with E-state index < -0.39 is 23.5 Å². The Balaban J connectivity index is 2.76. The van der Waals surface area contributed by atoms with Gasteiger partial charge in [-0.15, -0.1) is 0 Å². The number of hydrogen-bond acceptors (Lipinski definition) is 3. The van der Waals surface area contributed by atoms with E-state index in [0.717, 1.165) is 6.42 Å². The SMILES string of the molecule is CCCC[C@H](NC(=O)c1ccc[nH]c1=O)C(=O)O. The van der Waals surface area contributed by atoms with Crippen molar-refractivity contribution < 1.29 is 14.7 Å². The van der Waals surface area contributed by atoms with Gasteiger partial charge < -0.3 is 15.4 Å². The molecule has 1 rings (SSSR count). The van der Waals surface area contributed by atoms with Gasteiger partial charge in [0.25, 0.3) is 11.5 Å². The van der Waals surface area contributed by atoms with Gasteiger partial charge in [0, 0.05) is 6.20 Å². The number of nitrogens with one attached hydrogen (secondary N) is 2. The van der Waals surface area contributed by atoms with Crippen molar-refractivity contribution in [1.82, 2.24) is 10.3 Å². The molecule has 0 aliphatic carbocycles. The molecule has 0 fully saturated rings. The minimum absolute atomic E-state index is 0.0831. The Morgan fingerprint density at radius 3 is 2.78 bits per heavy atom. The zero-order valence-electron chi connectivity index (χ0n) is 10.1. The molecule has 3 N–H and O–H groups in total. The molecule has 0 radical (unpaired) electrons. The van der Waals surface area contributed by atoms with Crippen molar-refractivity contribution in [2.24, 2.45) is 0 Å². The van der Waals surface area contributed by atoms with Gasteiger partial charge in [0.2, 0.25) is 0 Å². The number of amides is 1. The fraction of sp³-hybridized carbons (Fsp3) is 0.417. The van der Waals surface area contributed by atoms with Crippen LogP contribution in [0.3, 0.4) is 0 Å². The first-order chi connectivity index (χ1) is 8.56. The smallest absolute Gasteiger partial charge is 0.326 e. The minimum Gasteiger partial charge on any atom is -0.480 e. The van der Waals surface area contributed by atoms with Gasteiger partial charge in [-0.05, 0) is 18.6 Å². The molecule has 0 spiro atoms. The first kappa shape index (κ1) is 14.0. The number of carbonyl (C=O) groups excluding carboxylic acids is 1. The van der Waals surface area contributed by atoms with Gasteiger partial charge in [-0.25, -0.2) is 4.79 Å². The van der Waals surface area contributed by atoms with E-state index in [1.807, 2.05) is 6.92 Å². The van der Waals surface area contributed by atoms with Crippen molar-refractivity contribution in [1.29, 1.82) is 0 Å². The summed E-state index contributed by atoms with van der Waals surface area (Å²) in [6.07, 6.45) is 3.29. The molecule has 0 aliphatic heterocycles. The second-order valence-electron chi connectivity index (χ2n) is 3.92. The average Bonchev–Trinajstić information content (AvgIpc) is 2.34. The fourth-order valence-corrected chi connectivity index (χ4v) is 1.50. The zero-order valence-corrected chi connectivity index (χ0v) is 10.1. The van der Waals surface area contributed by atoms with Crippen LogP contribution in [0, 0.1) is 0 Å². The Morgan fingerprint density at radius 2 is 2.22 bits per heavy atom. The van der Waals surface area contributed by atoms with E-state index in [4.69, 9.17) is 5.11 Å². The summed E-state index contributed by atoms with van der Waals surface area (Å²) in [6, 6.07) is 1.91. The second kappa shape index (κ2) is 6.58. The molecule has 18 heavy (non-hydrogen) atoms. The van der Waals surface area contributed by atoms with Crippen molar-refractivity contribution >= 4 is 11.9 Å². The molecule has 1 atom stereocenters. The first-order valence-corrected chi connectivity index (χ1v) is 5.77. The van der Waals surface area contributed by atoms with Crippen LogP contribution in [0.2, 0.25) is 0 Å². The summed E-state index contributed by atoms with van der Waals surface area (Å²) >= 11 is 0. The lowest BCUT2D eigenvalue weighted by Crippen LogP contribution is -2.42. The standard InChI is InChI=1S/C12H16N2O4/c1-2-3-6-9(12(17)18)14-11(16)8-5-4-7-13-10(8)15/h4-5,7,9H,2-3,6H2,1H3,(H,13,15)(H,14,16)(H,17,18)/t9-/m0/s1. The summed E-state index contributed by atoms with van der Waals surface area (Å²) in [4.78, 5) is 36.4. The van der Waals surface area contributed by atoms with Crippen LogP contribution in [0.15, 0.2) is 23.1 Å². The van der Waals surface area contributed by atoms with E-state index in [9.17, 15) is 14.4 Å². The number of hydrogen-bond donors (Lipinski definition) is 3. The third kappa shape index (κ3) is 3.73. The molecular weight excluding hydrogens is 236 g/mol. The number of unbranched alkanes of at least 4 members (excludes halogenated alkanes) is 1. The van der Waals surface area contributed by atoms with Crippen molar-refractivity contribution in [3.05, 3.63) is 34.2 Å². The molecule has 0 aromatic carbocycles. The lowest BCUT2D eigenvalue weighted by Gasteiger charge is -2.13. The number of carboxylic acids is 1. The van der Waals surface area contributed by atoms with E-state index in [2.05, 4.69) is 10.3 Å². The molecule has 6 heteroatoms. The molecular formula is C12H16N2O4. The number of H-pyrrole nitrogens is 1. The average molecular weight is 252 g/mol. The molecule has 6 nitrogen and oxygen atoms in total. The van der Waals surface area contributed by atoms with E-state index in [-0.39, 0.29) is 5.56 Å². The lowest BCUT2D eigenvalue weighted by molar-refractivity contribution is -0.139. The number of carbonyl (C=O) groups is 2.